The molecule has 2 aliphatic heterocycles. The molecule has 33 heavy (non-hydrogen) atoms. The largest absolute Gasteiger partial charge is 0.379 e. The first-order valence-corrected chi connectivity index (χ1v) is 11.9. The van der Waals surface area contributed by atoms with Gasteiger partial charge in [-0.2, -0.15) is 0 Å². The number of hydrogen-bond donors (Lipinski definition) is 2. The molecule has 1 aromatic heterocycles. The summed E-state index contributed by atoms with van der Waals surface area (Å²) in [5.41, 5.74) is 0.974. The highest BCUT2D eigenvalue weighted by Crippen LogP contribution is 2.22. The van der Waals surface area contributed by atoms with Crippen LogP contribution in [0, 0.1) is 5.82 Å². The summed E-state index contributed by atoms with van der Waals surface area (Å²) in [5.74, 6) is -0.0605. The van der Waals surface area contributed by atoms with Gasteiger partial charge in [0.1, 0.15) is 17.8 Å². The van der Waals surface area contributed by atoms with Gasteiger partial charge in [0, 0.05) is 51.2 Å². The number of rotatable bonds is 9. The molecule has 2 fully saturated rings. The predicted octanol–water partition coefficient (Wildman–Crippen LogP) is 2.67. The molecular formula is C24H33F2N5O2. The van der Waals surface area contributed by atoms with Crippen LogP contribution in [-0.4, -0.2) is 92.4 Å². The first-order chi connectivity index (χ1) is 16.1. The number of benzene rings is 1. The molecule has 0 unspecified atom stereocenters. The van der Waals surface area contributed by atoms with Crippen LogP contribution in [-0.2, 0) is 4.74 Å². The van der Waals surface area contributed by atoms with Crippen LogP contribution < -0.4 is 10.6 Å². The summed E-state index contributed by atoms with van der Waals surface area (Å²) in [6.45, 7) is 7.71. The van der Waals surface area contributed by atoms with E-state index in [9.17, 15) is 13.6 Å². The van der Waals surface area contributed by atoms with E-state index in [-0.39, 0.29) is 5.91 Å². The van der Waals surface area contributed by atoms with Crippen LogP contribution in [0.5, 0.6) is 0 Å². The van der Waals surface area contributed by atoms with E-state index in [1.54, 1.807) is 12.1 Å². The van der Waals surface area contributed by atoms with Crippen LogP contribution in [0.3, 0.4) is 0 Å². The van der Waals surface area contributed by atoms with Crippen molar-refractivity contribution in [3.8, 4) is 0 Å². The van der Waals surface area contributed by atoms with Crippen LogP contribution in [0.25, 0.3) is 10.9 Å². The Kier molecular flexibility index (Phi) is 8.41. The Morgan fingerprint density at radius 3 is 2.61 bits per heavy atom. The number of nitrogens with zero attached hydrogens (tertiary/aromatic N) is 3. The second kappa shape index (κ2) is 11.7. The molecule has 0 saturated carbocycles. The highest BCUT2D eigenvalue weighted by atomic mass is 19.1. The zero-order valence-corrected chi connectivity index (χ0v) is 19.0. The molecule has 0 atom stereocenters. The molecule has 1 amide bonds. The Morgan fingerprint density at radius 1 is 1.06 bits per heavy atom. The summed E-state index contributed by atoms with van der Waals surface area (Å²) >= 11 is 0. The van der Waals surface area contributed by atoms with Crippen molar-refractivity contribution in [3.63, 3.8) is 0 Å². The second-order valence-electron chi connectivity index (χ2n) is 8.72. The number of alkyl halides is 1. The van der Waals surface area contributed by atoms with Crippen molar-refractivity contribution in [2.24, 2.45) is 0 Å². The van der Waals surface area contributed by atoms with Crippen LogP contribution >= 0.6 is 0 Å². The summed E-state index contributed by atoms with van der Waals surface area (Å²) < 4.78 is 32.6. The third-order valence-electron chi connectivity index (χ3n) is 6.31. The number of carbonyl (C=O) groups excluding carboxylic acids is 1. The smallest absolute Gasteiger partial charge is 0.252 e. The van der Waals surface area contributed by atoms with Crippen molar-refractivity contribution >= 4 is 22.6 Å². The quantitative estimate of drug-likeness (QED) is 0.560. The summed E-state index contributed by atoms with van der Waals surface area (Å²) in [7, 11) is 0. The lowest BCUT2D eigenvalue weighted by Crippen LogP contribution is -2.40. The normalized spacial score (nSPS) is 18.5. The zero-order chi connectivity index (χ0) is 23.0. The van der Waals surface area contributed by atoms with Gasteiger partial charge in [0.2, 0.25) is 0 Å². The number of piperidine rings is 1. The Morgan fingerprint density at radius 2 is 1.82 bits per heavy atom. The van der Waals surface area contributed by atoms with Gasteiger partial charge in [-0.15, -0.1) is 0 Å². The number of aromatic nitrogens is 1. The van der Waals surface area contributed by atoms with E-state index in [4.69, 9.17) is 4.74 Å². The molecule has 0 radical (unpaired) electrons. The fourth-order valence-electron chi connectivity index (χ4n) is 4.37. The maximum absolute atomic E-state index is 13.9. The first-order valence-electron chi connectivity index (χ1n) is 11.9. The molecule has 2 aromatic rings. The standard InChI is InChI=1S/C24H33F2N5O2/c25-18-4-9-31(10-5-18)11-7-28-24(32)21-17-23(29-22-3-2-19(26)16-20(21)22)27-6-1-8-30-12-14-33-15-13-30/h2-3,16-18H,1,4-15H2,(H,27,29)(H,28,32). The fraction of sp³-hybridized carbons (Fsp3) is 0.583. The lowest BCUT2D eigenvalue weighted by Gasteiger charge is -2.28. The molecular weight excluding hydrogens is 428 g/mol. The van der Waals surface area contributed by atoms with Gasteiger partial charge >= 0.3 is 0 Å². The Balaban J connectivity index is 1.36. The molecule has 3 heterocycles. The van der Waals surface area contributed by atoms with Gasteiger partial charge in [0.15, 0.2) is 0 Å². The van der Waals surface area contributed by atoms with E-state index in [0.717, 1.165) is 45.8 Å². The molecule has 0 aliphatic carbocycles. The zero-order valence-electron chi connectivity index (χ0n) is 19.0. The summed E-state index contributed by atoms with van der Waals surface area (Å²) in [6, 6.07) is 6.00. The number of fused-ring (bicyclic) bond motifs is 1. The van der Waals surface area contributed by atoms with Crippen LogP contribution in [0.2, 0.25) is 0 Å². The first kappa shape index (κ1) is 23.8. The Labute approximate surface area is 193 Å². The van der Waals surface area contributed by atoms with Gasteiger partial charge in [-0.3, -0.25) is 9.69 Å². The van der Waals surface area contributed by atoms with Crippen molar-refractivity contribution < 1.29 is 18.3 Å². The lowest BCUT2D eigenvalue weighted by molar-refractivity contribution is 0.0378. The maximum Gasteiger partial charge on any atom is 0.252 e. The third kappa shape index (κ3) is 6.82. The number of morpholine rings is 1. The molecule has 2 N–H and O–H groups in total. The lowest BCUT2D eigenvalue weighted by atomic mass is 10.1. The average Bonchev–Trinajstić information content (AvgIpc) is 2.83. The topological polar surface area (TPSA) is 69.7 Å². The highest BCUT2D eigenvalue weighted by Gasteiger charge is 2.19. The number of anilines is 1. The molecule has 7 nitrogen and oxygen atoms in total. The molecule has 4 rings (SSSR count). The number of pyridine rings is 1. The van der Waals surface area contributed by atoms with Crippen molar-refractivity contribution in [3.05, 3.63) is 35.6 Å². The Bertz CT molecular complexity index is 930. The number of amides is 1. The minimum Gasteiger partial charge on any atom is -0.379 e. The Hall–Kier alpha value is -2.36. The number of carbonyl (C=O) groups is 1. The third-order valence-corrected chi connectivity index (χ3v) is 6.31. The van der Waals surface area contributed by atoms with E-state index < -0.39 is 12.0 Å². The predicted molar refractivity (Wildman–Crippen MR) is 125 cm³/mol. The van der Waals surface area contributed by atoms with E-state index >= 15 is 0 Å². The molecule has 0 bridgehead atoms. The van der Waals surface area contributed by atoms with Crippen molar-refractivity contribution in [1.29, 1.82) is 0 Å². The van der Waals surface area contributed by atoms with Crippen molar-refractivity contribution in [2.75, 3.05) is 70.9 Å². The maximum atomic E-state index is 13.9. The minimum atomic E-state index is -0.714. The molecule has 0 spiro atoms. The van der Waals surface area contributed by atoms with Crippen LogP contribution in [0.15, 0.2) is 24.3 Å². The molecule has 2 saturated heterocycles. The van der Waals surface area contributed by atoms with E-state index in [2.05, 4.69) is 25.4 Å². The number of nitrogens with one attached hydrogen (secondary N) is 2. The minimum absolute atomic E-state index is 0.259. The van der Waals surface area contributed by atoms with Gasteiger partial charge in [-0.05, 0) is 50.1 Å². The fourth-order valence-corrected chi connectivity index (χ4v) is 4.37. The highest BCUT2D eigenvalue weighted by molar-refractivity contribution is 6.07. The molecule has 180 valence electrons. The number of likely N-dealkylation sites (tertiary alicyclic amines) is 1. The second-order valence-corrected chi connectivity index (χ2v) is 8.72. The van der Waals surface area contributed by atoms with Crippen molar-refractivity contribution in [2.45, 2.75) is 25.4 Å². The summed E-state index contributed by atoms with van der Waals surface area (Å²) in [6.07, 6.45) is 1.32. The number of hydrogen-bond acceptors (Lipinski definition) is 6. The number of ether oxygens (including phenoxy) is 1. The number of halogens is 2. The monoisotopic (exact) mass is 461 g/mol. The van der Waals surface area contributed by atoms with E-state index in [1.807, 2.05) is 0 Å². The molecule has 9 heteroatoms. The van der Waals surface area contributed by atoms with Crippen LogP contribution in [0.4, 0.5) is 14.6 Å². The summed E-state index contributed by atoms with van der Waals surface area (Å²) in [5, 5.41) is 6.74. The van der Waals surface area contributed by atoms with Gasteiger partial charge in [0.25, 0.3) is 5.91 Å². The van der Waals surface area contributed by atoms with E-state index in [1.165, 1.54) is 12.1 Å². The molecule has 1 aromatic carbocycles. The van der Waals surface area contributed by atoms with E-state index in [0.29, 0.717) is 61.3 Å². The molecule has 2 aliphatic rings. The van der Waals surface area contributed by atoms with Gasteiger partial charge in [0.05, 0.1) is 24.3 Å². The van der Waals surface area contributed by atoms with Gasteiger partial charge < -0.3 is 20.3 Å². The SMILES string of the molecule is O=C(NCCN1CCC(F)CC1)c1cc(NCCCN2CCOCC2)nc2ccc(F)cc12. The van der Waals surface area contributed by atoms with Crippen molar-refractivity contribution in [1.82, 2.24) is 20.1 Å². The summed E-state index contributed by atoms with van der Waals surface area (Å²) in [4.78, 5) is 22.1. The van der Waals surface area contributed by atoms with Gasteiger partial charge in [-0.1, -0.05) is 0 Å². The van der Waals surface area contributed by atoms with Crippen LogP contribution in [0.1, 0.15) is 29.6 Å². The van der Waals surface area contributed by atoms with Gasteiger partial charge in [-0.25, -0.2) is 13.8 Å². The average molecular weight is 462 g/mol.